The zero-order chi connectivity index (χ0) is 12.9. The Morgan fingerprint density at radius 1 is 0.737 bits per heavy atom. The van der Waals surface area contributed by atoms with E-state index < -0.39 is 0 Å². The fraction of sp³-hybridized carbons (Fsp3) is 0.571. The van der Waals surface area contributed by atoms with Crippen LogP contribution in [0.5, 0.6) is 0 Å². The second kappa shape index (κ2) is 6.78. The molecule has 2 fully saturated rings. The lowest BCUT2D eigenvalue weighted by atomic mass is 10.4. The molecule has 2 aliphatic heterocycles. The molecule has 0 unspecified atom stereocenters. The molecular formula is C14H21N2O2P. The van der Waals surface area contributed by atoms with Crippen LogP contribution in [0.1, 0.15) is 0 Å². The first-order valence-electron chi connectivity index (χ1n) is 6.95. The molecule has 0 aliphatic carbocycles. The number of hydrogen-bond donors (Lipinski definition) is 0. The van der Waals surface area contributed by atoms with Crippen molar-refractivity contribution in [2.24, 2.45) is 0 Å². The van der Waals surface area contributed by atoms with E-state index in [1.54, 1.807) is 0 Å². The van der Waals surface area contributed by atoms with Crippen molar-refractivity contribution >= 4 is 13.5 Å². The van der Waals surface area contributed by atoms with Crippen molar-refractivity contribution in [2.45, 2.75) is 0 Å². The van der Waals surface area contributed by atoms with Crippen LogP contribution in [0.2, 0.25) is 0 Å². The average Bonchev–Trinajstić information content (AvgIpc) is 2.51. The van der Waals surface area contributed by atoms with E-state index in [0.717, 1.165) is 52.6 Å². The number of benzene rings is 1. The molecular weight excluding hydrogens is 259 g/mol. The van der Waals surface area contributed by atoms with Gasteiger partial charge in [0.25, 0.3) is 0 Å². The quantitative estimate of drug-likeness (QED) is 0.779. The van der Waals surface area contributed by atoms with Crippen molar-refractivity contribution in [3.05, 3.63) is 30.3 Å². The van der Waals surface area contributed by atoms with Gasteiger partial charge in [-0.1, -0.05) is 30.3 Å². The van der Waals surface area contributed by atoms with Gasteiger partial charge in [-0.2, -0.15) is 0 Å². The third-order valence-corrected chi connectivity index (χ3v) is 6.13. The maximum atomic E-state index is 5.50. The number of hydrogen-bond acceptors (Lipinski definition) is 4. The fourth-order valence-corrected chi connectivity index (χ4v) is 5.09. The Morgan fingerprint density at radius 3 is 1.68 bits per heavy atom. The maximum Gasteiger partial charge on any atom is 0.0727 e. The molecule has 0 radical (unpaired) electrons. The van der Waals surface area contributed by atoms with Gasteiger partial charge in [0.15, 0.2) is 0 Å². The summed E-state index contributed by atoms with van der Waals surface area (Å²) in [5.74, 6) is 0. The standard InChI is InChI=1S/C14H21N2O2P/c1-2-4-14(5-3-1)19(15-6-10-17-11-7-15)16-8-12-18-13-9-16/h1-5H,6-13H2. The Bertz CT molecular complexity index is 360. The Balaban J connectivity index is 1.81. The van der Waals surface area contributed by atoms with E-state index in [1.165, 1.54) is 5.30 Å². The van der Waals surface area contributed by atoms with Gasteiger partial charge in [-0.05, 0) is 0 Å². The van der Waals surface area contributed by atoms with E-state index >= 15 is 0 Å². The lowest BCUT2D eigenvalue weighted by Gasteiger charge is -2.42. The van der Waals surface area contributed by atoms with Crippen LogP contribution < -0.4 is 5.30 Å². The van der Waals surface area contributed by atoms with Crippen molar-refractivity contribution < 1.29 is 9.47 Å². The van der Waals surface area contributed by atoms with Crippen molar-refractivity contribution in [1.82, 2.24) is 9.34 Å². The first-order valence-corrected chi connectivity index (χ1v) is 8.20. The SMILES string of the molecule is c1ccc(P(N2CCOCC2)N2CCOCC2)cc1. The van der Waals surface area contributed by atoms with Gasteiger partial charge in [0.05, 0.1) is 34.7 Å². The molecule has 3 rings (SSSR count). The summed E-state index contributed by atoms with van der Waals surface area (Å²) in [6.45, 7) is 7.59. The summed E-state index contributed by atoms with van der Waals surface area (Å²) >= 11 is 0. The molecule has 0 N–H and O–H groups in total. The first-order chi connectivity index (χ1) is 9.45. The lowest BCUT2D eigenvalue weighted by molar-refractivity contribution is 0.0593. The Hall–Kier alpha value is -0.510. The molecule has 1 aromatic rings. The normalized spacial score (nSPS) is 22.8. The second-order valence-corrected chi connectivity index (χ2v) is 6.98. The van der Waals surface area contributed by atoms with E-state index in [0.29, 0.717) is 0 Å². The number of rotatable bonds is 3. The minimum absolute atomic E-state index is 0.385. The molecule has 0 aromatic heterocycles. The van der Waals surface area contributed by atoms with Crippen molar-refractivity contribution in [1.29, 1.82) is 0 Å². The van der Waals surface area contributed by atoms with Crippen LogP contribution in [-0.2, 0) is 9.47 Å². The maximum absolute atomic E-state index is 5.50. The van der Waals surface area contributed by atoms with Crippen LogP contribution >= 0.6 is 8.22 Å². The van der Waals surface area contributed by atoms with Gasteiger partial charge in [-0.3, -0.25) is 9.34 Å². The predicted octanol–water partition coefficient (Wildman–Crippen LogP) is 1.29. The number of morpholine rings is 2. The Morgan fingerprint density at radius 2 is 1.21 bits per heavy atom. The molecule has 104 valence electrons. The molecule has 0 saturated carbocycles. The summed E-state index contributed by atoms with van der Waals surface area (Å²) in [6.07, 6.45) is 0. The molecule has 0 amide bonds. The fourth-order valence-electron chi connectivity index (χ4n) is 2.55. The van der Waals surface area contributed by atoms with Crippen molar-refractivity contribution in [3.8, 4) is 0 Å². The second-order valence-electron chi connectivity index (χ2n) is 4.76. The van der Waals surface area contributed by atoms with Crippen LogP contribution in [0.3, 0.4) is 0 Å². The molecule has 0 bridgehead atoms. The summed E-state index contributed by atoms with van der Waals surface area (Å²) in [6, 6.07) is 10.9. The zero-order valence-electron chi connectivity index (χ0n) is 11.2. The van der Waals surface area contributed by atoms with Crippen LogP contribution in [0.4, 0.5) is 0 Å². The van der Waals surface area contributed by atoms with Gasteiger partial charge in [-0.25, -0.2) is 0 Å². The molecule has 2 aliphatic rings. The van der Waals surface area contributed by atoms with Crippen molar-refractivity contribution in [3.63, 3.8) is 0 Å². The number of nitrogens with zero attached hydrogens (tertiary/aromatic N) is 2. The largest absolute Gasteiger partial charge is 0.379 e. The molecule has 2 saturated heterocycles. The highest BCUT2D eigenvalue weighted by Gasteiger charge is 2.29. The van der Waals surface area contributed by atoms with Gasteiger partial charge in [-0.15, -0.1) is 0 Å². The third kappa shape index (κ3) is 3.33. The van der Waals surface area contributed by atoms with Gasteiger partial charge in [0.2, 0.25) is 0 Å². The van der Waals surface area contributed by atoms with Crippen molar-refractivity contribution in [2.75, 3.05) is 52.6 Å². The monoisotopic (exact) mass is 280 g/mol. The van der Waals surface area contributed by atoms with E-state index in [2.05, 4.69) is 39.7 Å². The Labute approximate surface area is 116 Å². The molecule has 0 atom stereocenters. The van der Waals surface area contributed by atoms with Gasteiger partial charge < -0.3 is 9.47 Å². The predicted molar refractivity (Wildman–Crippen MR) is 77.8 cm³/mol. The highest BCUT2D eigenvalue weighted by molar-refractivity contribution is 7.61. The summed E-state index contributed by atoms with van der Waals surface area (Å²) in [5.41, 5.74) is 0. The van der Waals surface area contributed by atoms with E-state index in [1.807, 2.05) is 0 Å². The van der Waals surface area contributed by atoms with Crippen LogP contribution in [0.15, 0.2) is 30.3 Å². The molecule has 5 heteroatoms. The average molecular weight is 280 g/mol. The Kier molecular flexibility index (Phi) is 4.81. The molecule has 19 heavy (non-hydrogen) atoms. The molecule has 4 nitrogen and oxygen atoms in total. The highest BCUT2D eigenvalue weighted by Crippen LogP contribution is 2.43. The highest BCUT2D eigenvalue weighted by atomic mass is 31.1. The summed E-state index contributed by atoms with van der Waals surface area (Å²) < 4.78 is 16.2. The van der Waals surface area contributed by atoms with E-state index in [9.17, 15) is 0 Å². The minimum atomic E-state index is -0.385. The van der Waals surface area contributed by atoms with E-state index in [4.69, 9.17) is 9.47 Å². The van der Waals surface area contributed by atoms with E-state index in [-0.39, 0.29) is 8.22 Å². The summed E-state index contributed by atoms with van der Waals surface area (Å²) in [5, 5.41) is 1.45. The van der Waals surface area contributed by atoms with Crippen LogP contribution in [0.25, 0.3) is 0 Å². The molecule has 2 heterocycles. The molecule has 0 spiro atoms. The minimum Gasteiger partial charge on any atom is -0.379 e. The summed E-state index contributed by atoms with van der Waals surface area (Å²) in [7, 11) is -0.385. The molecule has 1 aromatic carbocycles. The van der Waals surface area contributed by atoms with Gasteiger partial charge in [0, 0.05) is 31.5 Å². The lowest BCUT2D eigenvalue weighted by Crippen LogP contribution is -2.43. The van der Waals surface area contributed by atoms with Crippen LogP contribution in [-0.4, -0.2) is 61.9 Å². The number of ether oxygens (including phenoxy) is 2. The van der Waals surface area contributed by atoms with Crippen LogP contribution in [0, 0.1) is 0 Å². The van der Waals surface area contributed by atoms with Gasteiger partial charge in [0.1, 0.15) is 0 Å². The first kappa shape index (κ1) is 13.5. The zero-order valence-corrected chi connectivity index (χ0v) is 12.1. The van der Waals surface area contributed by atoms with Gasteiger partial charge >= 0.3 is 0 Å². The third-order valence-electron chi connectivity index (χ3n) is 3.50. The summed E-state index contributed by atoms with van der Waals surface area (Å²) in [4.78, 5) is 0. The smallest absolute Gasteiger partial charge is 0.0727 e. The topological polar surface area (TPSA) is 24.9 Å².